The largest absolute Gasteiger partial charge is 0.462 e. The first kappa shape index (κ1) is 17.6. The number of thiophene rings is 1. The first-order chi connectivity index (χ1) is 10.3. The van der Waals surface area contributed by atoms with Crippen molar-refractivity contribution in [2.45, 2.75) is 20.8 Å². The Balaban J connectivity index is 3.16. The van der Waals surface area contributed by atoms with E-state index in [-0.39, 0.29) is 28.7 Å². The van der Waals surface area contributed by atoms with Crippen LogP contribution in [-0.4, -0.2) is 36.0 Å². The summed E-state index contributed by atoms with van der Waals surface area (Å²) in [6.45, 7) is 4.57. The molecular weight excluding hydrogens is 316 g/mol. The maximum atomic E-state index is 11.7. The summed E-state index contributed by atoms with van der Waals surface area (Å²) in [5, 5.41) is 13.0. The van der Waals surface area contributed by atoms with Crippen LogP contribution in [0.1, 0.15) is 29.1 Å². The van der Waals surface area contributed by atoms with Crippen LogP contribution < -0.4 is 5.32 Å². The summed E-state index contributed by atoms with van der Waals surface area (Å²) in [6.07, 6.45) is 0. The molecule has 0 bridgehead atoms. The Kier molecular flexibility index (Phi) is 5.99. The molecule has 0 fully saturated rings. The number of esters is 2. The molecule has 0 saturated carbocycles. The molecule has 0 aromatic carbocycles. The van der Waals surface area contributed by atoms with Crippen LogP contribution in [0.3, 0.4) is 0 Å². The number of carbonyl (C=O) groups excluding carboxylic acids is 3. The van der Waals surface area contributed by atoms with Gasteiger partial charge < -0.3 is 14.8 Å². The lowest BCUT2D eigenvalue weighted by Crippen LogP contribution is -2.24. The average Bonchev–Trinajstić information content (AvgIpc) is 2.76. The third-order valence-corrected chi connectivity index (χ3v) is 3.62. The van der Waals surface area contributed by atoms with Crippen molar-refractivity contribution in [3.8, 4) is 0 Å². The molecule has 0 unspecified atom stereocenters. The van der Waals surface area contributed by atoms with Crippen LogP contribution in [0.25, 0.3) is 0 Å². The van der Waals surface area contributed by atoms with E-state index in [1.807, 2.05) is 0 Å². The van der Waals surface area contributed by atoms with Crippen molar-refractivity contribution < 1.29 is 28.8 Å². The van der Waals surface area contributed by atoms with Crippen molar-refractivity contribution in [3.05, 3.63) is 20.6 Å². The maximum absolute atomic E-state index is 11.7. The molecule has 0 radical (unpaired) electrons. The number of amides is 1. The van der Waals surface area contributed by atoms with Gasteiger partial charge in [-0.3, -0.25) is 14.9 Å². The highest BCUT2D eigenvalue weighted by molar-refractivity contribution is 7.19. The molecule has 0 saturated heterocycles. The van der Waals surface area contributed by atoms with E-state index in [0.717, 1.165) is 0 Å². The summed E-state index contributed by atoms with van der Waals surface area (Å²) in [4.78, 5) is 44.9. The number of ether oxygens (including phenoxy) is 2. The van der Waals surface area contributed by atoms with Crippen LogP contribution >= 0.6 is 11.3 Å². The molecule has 120 valence electrons. The van der Waals surface area contributed by atoms with Crippen LogP contribution in [0, 0.1) is 17.0 Å². The normalized spacial score (nSPS) is 9.95. The molecule has 1 heterocycles. The number of nitrogens with zero attached hydrogens (tertiary/aromatic N) is 1. The third kappa shape index (κ3) is 3.79. The van der Waals surface area contributed by atoms with Crippen molar-refractivity contribution in [1.82, 2.24) is 0 Å². The van der Waals surface area contributed by atoms with E-state index in [1.165, 1.54) is 13.8 Å². The lowest BCUT2D eigenvalue weighted by molar-refractivity contribution is -0.384. The summed E-state index contributed by atoms with van der Waals surface area (Å²) in [6, 6.07) is 0. The second-order valence-electron chi connectivity index (χ2n) is 3.89. The zero-order chi connectivity index (χ0) is 16.9. The Bertz CT molecular complexity index is 623. The Labute approximate surface area is 129 Å². The number of hydrogen-bond acceptors (Lipinski definition) is 8. The summed E-state index contributed by atoms with van der Waals surface area (Å²) in [5.74, 6) is -3.05. The Morgan fingerprint density at radius 2 is 1.82 bits per heavy atom. The minimum atomic E-state index is -1.17. The first-order valence-corrected chi connectivity index (χ1v) is 7.08. The van der Waals surface area contributed by atoms with E-state index < -0.39 is 28.5 Å². The van der Waals surface area contributed by atoms with Crippen LogP contribution in [0.4, 0.5) is 10.7 Å². The zero-order valence-electron chi connectivity index (χ0n) is 12.1. The molecule has 0 spiro atoms. The van der Waals surface area contributed by atoms with Gasteiger partial charge in [0.15, 0.2) is 5.00 Å². The van der Waals surface area contributed by atoms with Gasteiger partial charge >= 0.3 is 23.5 Å². The van der Waals surface area contributed by atoms with Crippen LogP contribution in [-0.2, 0) is 19.1 Å². The minimum Gasteiger partial charge on any atom is -0.462 e. The van der Waals surface area contributed by atoms with E-state index in [1.54, 1.807) is 6.92 Å². The summed E-state index contributed by atoms with van der Waals surface area (Å²) in [5.41, 5.74) is -0.390. The third-order valence-electron chi connectivity index (χ3n) is 2.45. The smallest absolute Gasteiger partial charge is 0.397 e. The van der Waals surface area contributed by atoms with Gasteiger partial charge in [0.2, 0.25) is 0 Å². The van der Waals surface area contributed by atoms with E-state index in [0.29, 0.717) is 11.3 Å². The highest BCUT2D eigenvalue weighted by Gasteiger charge is 2.31. The number of nitrogens with one attached hydrogen (secondary N) is 1. The SMILES string of the molecule is CCOC(=O)C(=O)Nc1sc(C(=O)OCC)c(C)c1[N+](=O)[O-]. The van der Waals surface area contributed by atoms with Crippen molar-refractivity contribution >= 4 is 39.9 Å². The quantitative estimate of drug-likeness (QED) is 0.376. The molecular formula is C12H14N2O7S. The standard InChI is InChI=1S/C12H14N2O7S/c1-4-20-11(16)8-6(3)7(14(18)19)10(22-8)13-9(15)12(17)21-5-2/h4-5H2,1-3H3,(H,13,15). The molecule has 0 aliphatic rings. The van der Waals surface area contributed by atoms with Gasteiger partial charge in [0.05, 0.1) is 23.7 Å². The lowest BCUT2D eigenvalue weighted by Gasteiger charge is -2.01. The monoisotopic (exact) mass is 330 g/mol. The number of hydrogen-bond donors (Lipinski definition) is 1. The summed E-state index contributed by atoms with van der Waals surface area (Å²) >= 11 is 0.670. The maximum Gasteiger partial charge on any atom is 0.397 e. The number of rotatable bonds is 5. The van der Waals surface area contributed by atoms with Crippen LogP contribution in [0.15, 0.2) is 0 Å². The fraction of sp³-hybridized carbons (Fsp3) is 0.417. The lowest BCUT2D eigenvalue weighted by atomic mass is 10.2. The van der Waals surface area contributed by atoms with E-state index in [2.05, 4.69) is 10.1 Å². The van der Waals surface area contributed by atoms with Crippen molar-refractivity contribution in [2.24, 2.45) is 0 Å². The van der Waals surface area contributed by atoms with Crippen molar-refractivity contribution in [1.29, 1.82) is 0 Å². The van der Waals surface area contributed by atoms with Crippen molar-refractivity contribution in [2.75, 3.05) is 18.5 Å². The van der Waals surface area contributed by atoms with Gasteiger partial charge in [-0.1, -0.05) is 0 Å². The molecule has 1 aromatic heterocycles. The molecule has 1 N–H and O–H groups in total. The van der Waals surface area contributed by atoms with Crippen molar-refractivity contribution in [3.63, 3.8) is 0 Å². The Hall–Kier alpha value is -2.49. The van der Waals surface area contributed by atoms with Gasteiger partial charge in [0, 0.05) is 0 Å². The molecule has 22 heavy (non-hydrogen) atoms. The van der Waals surface area contributed by atoms with Gasteiger partial charge in [-0.15, -0.1) is 11.3 Å². The molecule has 9 nitrogen and oxygen atoms in total. The van der Waals surface area contributed by atoms with Gasteiger partial charge in [-0.05, 0) is 20.8 Å². The molecule has 1 amide bonds. The number of carbonyl (C=O) groups is 3. The Morgan fingerprint density at radius 3 is 2.32 bits per heavy atom. The predicted molar refractivity (Wildman–Crippen MR) is 76.9 cm³/mol. The van der Waals surface area contributed by atoms with E-state index >= 15 is 0 Å². The van der Waals surface area contributed by atoms with E-state index in [9.17, 15) is 24.5 Å². The Morgan fingerprint density at radius 1 is 1.23 bits per heavy atom. The molecule has 1 aromatic rings. The van der Waals surface area contributed by atoms with Crippen LogP contribution in [0.5, 0.6) is 0 Å². The van der Waals surface area contributed by atoms with E-state index in [4.69, 9.17) is 4.74 Å². The van der Waals surface area contributed by atoms with Crippen LogP contribution in [0.2, 0.25) is 0 Å². The second-order valence-corrected chi connectivity index (χ2v) is 4.91. The molecule has 10 heteroatoms. The predicted octanol–water partition coefficient (Wildman–Crippen LogP) is 1.64. The fourth-order valence-corrected chi connectivity index (χ4v) is 2.62. The fourth-order valence-electron chi connectivity index (χ4n) is 1.55. The van der Waals surface area contributed by atoms with Gasteiger partial charge in [-0.2, -0.15) is 0 Å². The average molecular weight is 330 g/mol. The highest BCUT2D eigenvalue weighted by atomic mass is 32.1. The summed E-state index contributed by atoms with van der Waals surface area (Å²) in [7, 11) is 0. The second kappa shape index (κ2) is 7.50. The molecule has 0 aliphatic heterocycles. The molecule has 1 rings (SSSR count). The minimum absolute atomic E-state index is 0.00675. The summed E-state index contributed by atoms with van der Waals surface area (Å²) < 4.78 is 9.28. The molecule has 0 atom stereocenters. The van der Waals surface area contributed by atoms with Gasteiger partial charge in [0.25, 0.3) is 0 Å². The zero-order valence-corrected chi connectivity index (χ0v) is 12.9. The van der Waals surface area contributed by atoms with Gasteiger partial charge in [0.1, 0.15) is 4.88 Å². The van der Waals surface area contributed by atoms with Gasteiger partial charge in [-0.25, -0.2) is 9.59 Å². The number of nitro groups is 1. The molecule has 0 aliphatic carbocycles. The topological polar surface area (TPSA) is 125 Å². The first-order valence-electron chi connectivity index (χ1n) is 6.26. The highest BCUT2D eigenvalue weighted by Crippen LogP contribution is 2.39. The number of anilines is 1.